The third-order valence-electron chi connectivity index (χ3n) is 3.84. The number of benzene rings is 2. The Bertz CT molecular complexity index is 963. The molecular formula is C18H14ClF3N2O2. The second-order valence-electron chi connectivity index (χ2n) is 5.60. The number of nitrogens with one attached hydrogen (secondary N) is 2. The number of halogens is 4. The van der Waals surface area contributed by atoms with Gasteiger partial charge in [0.15, 0.2) is 0 Å². The van der Waals surface area contributed by atoms with Gasteiger partial charge in [-0.15, -0.1) is 0 Å². The summed E-state index contributed by atoms with van der Waals surface area (Å²) in [7, 11) is 0. The summed E-state index contributed by atoms with van der Waals surface area (Å²) in [6.45, 7) is 0.159. The first-order valence-electron chi connectivity index (χ1n) is 7.67. The quantitative estimate of drug-likeness (QED) is 0.680. The molecule has 0 saturated heterocycles. The molecule has 0 amide bonds. The minimum absolute atomic E-state index is 0.159. The number of rotatable bonds is 5. The second kappa shape index (κ2) is 7.29. The summed E-state index contributed by atoms with van der Waals surface area (Å²) in [5, 5.41) is 4.42. The van der Waals surface area contributed by atoms with Gasteiger partial charge < -0.3 is 4.74 Å². The summed E-state index contributed by atoms with van der Waals surface area (Å²) in [6.07, 6.45) is -4.87. The molecule has 0 bridgehead atoms. The Morgan fingerprint density at radius 3 is 2.31 bits per heavy atom. The number of alkyl halides is 3. The molecule has 1 aromatic heterocycles. The van der Waals surface area contributed by atoms with Crippen LogP contribution in [0.25, 0.3) is 0 Å². The van der Waals surface area contributed by atoms with Gasteiger partial charge in [-0.05, 0) is 17.7 Å². The molecule has 4 nitrogen and oxygen atoms in total. The van der Waals surface area contributed by atoms with Crippen molar-refractivity contribution in [1.82, 2.24) is 10.2 Å². The molecule has 26 heavy (non-hydrogen) atoms. The van der Waals surface area contributed by atoms with E-state index in [1.54, 1.807) is 42.5 Å². The zero-order valence-electron chi connectivity index (χ0n) is 13.4. The average Bonchev–Trinajstić information content (AvgIpc) is 2.96. The van der Waals surface area contributed by atoms with Crippen LogP contribution in [0.5, 0.6) is 5.75 Å². The Hall–Kier alpha value is -2.67. The van der Waals surface area contributed by atoms with Crippen molar-refractivity contribution in [3.63, 3.8) is 0 Å². The zero-order chi connectivity index (χ0) is 18.7. The first kappa shape index (κ1) is 18.1. The van der Waals surface area contributed by atoms with Crippen LogP contribution < -0.4 is 10.3 Å². The van der Waals surface area contributed by atoms with E-state index in [9.17, 15) is 18.0 Å². The smallest absolute Gasteiger partial charge is 0.433 e. The van der Waals surface area contributed by atoms with E-state index in [0.717, 1.165) is 5.56 Å². The molecule has 0 spiro atoms. The highest BCUT2D eigenvalue weighted by atomic mass is 35.5. The van der Waals surface area contributed by atoms with Crippen LogP contribution in [0, 0.1) is 0 Å². The summed E-state index contributed by atoms with van der Waals surface area (Å²) in [4.78, 5) is 11.8. The van der Waals surface area contributed by atoms with Gasteiger partial charge in [0.1, 0.15) is 18.1 Å². The van der Waals surface area contributed by atoms with Gasteiger partial charge in [-0.1, -0.05) is 48.0 Å². The molecule has 2 aromatic carbocycles. The molecule has 0 aliphatic carbocycles. The number of ether oxygens (including phenoxy) is 1. The van der Waals surface area contributed by atoms with E-state index in [-0.39, 0.29) is 18.6 Å². The fourth-order valence-corrected chi connectivity index (χ4v) is 2.74. The molecule has 0 unspecified atom stereocenters. The van der Waals surface area contributed by atoms with Gasteiger partial charge in [-0.2, -0.15) is 13.2 Å². The largest absolute Gasteiger partial charge is 0.489 e. The van der Waals surface area contributed by atoms with Gasteiger partial charge in [-0.3, -0.25) is 15.0 Å². The molecule has 136 valence electrons. The maximum atomic E-state index is 13.0. The maximum Gasteiger partial charge on any atom is 0.433 e. The molecule has 0 radical (unpaired) electrons. The molecule has 1 heterocycles. The molecule has 3 rings (SSSR count). The Morgan fingerprint density at radius 2 is 1.62 bits per heavy atom. The van der Waals surface area contributed by atoms with Crippen LogP contribution in [0.3, 0.4) is 0 Å². The van der Waals surface area contributed by atoms with Crippen LogP contribution in [0.2, 0.25) is 5.02 Å². The lowest BCUT2D eigenvalue weighted by Gasteiger charge is -2.13. The lowest BCUT2D eigenvalue weighted by Crippen LogP contribution is -2.14. The zero-order valence-corrected chi connectivity index (χ0v) is 14.1. The van der Waals surface area contributed by atoms with E-state index in [0.29, 0.717) is 16.3 Å². The molecule has 0 aliphatic heterocycles. The molecular weight excluding hydrogens is 369 g/mol. The van der Waals surface area contributed by atoms with Gasteiger partial charge in [0.05, 0.1) is 5.56 Å². The van der Waals surface area contributed by atoms with Crippen LogP contribution >= 0.6 is 11.6 Å². The Balaban J connectivity index is 1.86. The minimum atomic E-state index is -4.65. The predicted molar refractivity (Wildman–Crippen MR) is 91.4 cm³/mol. The summed E-state index contributed by atoms with van der Waals surface area (Å²) < 4.78 is 44.9. The van der Waals surface area contributed by atoms with E-state index in [2.05, 4.69) is 0 Å². The monoisotopic (exact) mass is 382 g/mol. The second-order valence-corrected chi connectivity index (χ2v) is 6.00. The highest BCUT2D eigenvalue weighted by molar-refractivity contribution is 6.31. The highest BCUT2D eigenvalue weighted by Crippen LogP contribution is 2.31. The van der Waals surface area contributed by atoms with Crippen molar-refractivity contribution >= 4 is 11.6 Å². The first-order chi connectivity index (χ1) is 12.4. The lowest BCUT2D eigenvalue weighted by atomic mass is 10.0. The lowest BCUT2D eigenvalue weighted by molar-refractivity contribution is -0.141. The molecule has 0 fully saturated rings. The summed E-state index contributed by atoms with van der Waals surface area (Å²) in [6, 6.07) is 13.8. The van der Waals surface area contributed by atoms with Crippen LogP contribution in [-0.4, -0.2) is 10.2 Å². The number of aromatic nitrogens is 2. The van der Waals surface area contributed by atoms with Crippen molar-refractivity contribution < 1.29 is 17.9 Å². The van der Waals surface area contributed by atoms with E-state index in [1.165, 1.54) is 0 Å². The molecule has 0 atom stereocenters. The Labute approximate surface area is 151 Å². The number of hydrogen-bond donors (Lipinski definition) is 2. The number of hydrogen-bond acceptors (Lipinski definition) is 2. The third kappa shape index (κ3) is 3.94. The third-order valence-corrected chi connectivity index (χ3v) is 4.21. The number of H-pyrrole nitrogens is 2. The SMILES string of the molecule is O=c1[nH][nH]c(C(F)(F)F)c1Cc1ccccc1OCc1ccccc1Cl. The Morgan fingerprint density at radius 1 is 0.962 bits per heavy atom. The van der Waals surface area contributed by atoms with Crippen molar-refractivity contribution in [3.8, 4) is 5.75 Å². The molecule has 0 aliphatic rings. The maximum absolute atomic E-state index is 13.0. The van der Waals surface area contributed by atoms with Crippen LogP contribution in [0.1, 0.15) is 22.4 Å². The predicted octanol–water partition coefficient (Wildman–Crippen LogP) is 4.55. The summed E-state index contributed by atoms with van der Waals surface area (Å²) in [5.74, 6) is 0.390. The van der Waals surface area contributed by atoms with Crippen molar-refractivity contribution in [2.24, 2.45) is 0 Å². The van der Waals surface area contributed by atoms with Crippen molar-refractivity contribution in [2.45, 2.75) is 19.2 Å². The van der Waals surface area contributed by atoms with Gasteiger partial charge in [0, 0.05) is 17.0 Å². The topological polar surface area (TPSA) is 57.9 Å². The van der Waals surface area contributed by atoms with Gasteiger partial charge in [0.25, 0.3) is 5.56 Å². The summed E-state index contributed by atoms with van der Waals surface area (Å²) >= 11 is 6.08. The number of aromatic amines is 2. The minimum Gasteiger partial charge on any atom is -0.489 e. The fraction of sp³-hybridized carbons (Fsp3) is 0.167. The standard InChI is InChI=1S/C18H14ClF3N2O2/c19-14-7-3-1-6-12(14)10-26-15-8-4-2-5-11(15)9-13-16(18(20,21)22)23-24-17(13)25/h1-8H,9-10H2,(H2,23,24,25). The molecule has 8 heteroatoms. The van der Waals surface area contributed by atoms with Crippen LogP contribution in [0.15, 0.2) is 53.3 Å². The first-order valence-corrected chi connectivity index (χ1v) is 8.05. The van der Waals surface area contributed by atoms with Crippen molar-refractivity contribution in [1.29, 1.82) is 0 Å². The molecule has 2 N–H and O–H groups in total. The highest BCUT2D eigenvalue weighted by Gasteiger charge is 2.36. The van der Waals surface area contributed by atoms with Gasteiger partial charge >= 0.3 is 6.18 Å². The van der Waals surface area contributed by atoms with Gasteiger partial charge in [0.2, 0.25) is 0 Å². The molecule has 3 aromatic rings. The normalized spacial score (nSPS) is 11.5. The average molecular weight is 383 g/mol. The van der Waals surface area contributed by atoms with Crippen molar-refractivity contribution in [3.05, 3.63) is 86.3 Å². The van der Waals surface area contributed by atoms with Crippen LogP contribution in [0.4, 0.5) is 13.2 Å². The molecule has 0 saturated carbocycles. The fourth-order valence-electron chi connectivity index (χ4n) is 2.55. The van der Waals surface area contributed by atoms with Gasteiger partial charge in [-0.25, -0.2) is 0 Å². The Kier molecular flexibility index (Phi) is 5.08. The van der Waals surface area contributed by atoms with E-state index >= 15 is 0 Å². The van der Waals surface area contributed by atoms with Crippen LogP contribution in [-0.2, 0) is 19.2 Å². The van der Waals surface area contributed by atoms with Crippen molar-refractivity contribution in [2.75, 3.05) is 0 Å². The van der Waals surface area contributed by atoms with E-state index in [4.69, 9.17) is 16.3 Å². The van der Waals surface area contributed by atoms with E-state index in [1.807, 2.05) is 16.3 Å². The summed E-state index contributed by atoms with van der Waals surface area (Å²) in [5.41, 5.74) is -1.05. The number of para-hydroxylation sites is 1. The van der Waals surface area contributed by atoms with E-state index < -0.39 is 17.4 Å².